The van der Waals surface area contributed by atoms with Gasteiger partial charge < -0.3 is 5.11 Å². The Morgan fingerprint density at radius 1 is 1.38 bits per heavy atom. The second-order valence-corrected chi connectivity index (χ2v) is 7.06. The fraction of sp³-hybridized carbons (Fsp3) is 0.118. The van der Waals surface area contributed by atoms with Crippen molar-refractivity contribution < 1.29 is 9.90 Å². The molecule has 0 aromatic heterocycles. The quantitative estimate of drug-likeness (QED) is 0.604. The number of para-hydroxylation sites is 1. The van der Waals surface area contributed by atoms with Gasteiger partial charge in [0.05, 0.1) is 22.7 Å². The Balaban J connectivity index is 1.49. The molecule has 0 radical (unpaired) electrons. The van der Waals surface area contributed by atoms with E-state index in [0.717, 1.165) is 21.6 Å². The van der Waals surface area contributed by atoms with E-state index in [1.807, 2.05) is 24.3 Å². The van der Waals surface area contributed by atoms with Gasteiger partial charge in [-0.25, -0.2) is 10.4 Å². The number of phenols is 1. The highest BCUT2D eigenvalue weighted by Gasteiger charge is 2.15. The molecule has 2 aromatic carbocycles. The number of carbonyl (C=O) groups is 1. The van der Waals surface area contributed by atoms with Gasteiger partial charge in [0.1, 0.15) is 5.75 Å². The molecule has 0 bridgehead atoms. The molecule has 0 unspecified atom stereocenters. The number of nitrogens with zero attached hydrogens (tertiary/aromatic N) is 2. The Labute approximate surface area is 152 Å². The minimum atomic E-state index is -0.218. The Morgan fingerprint density at radius 3 is 3.04 bits per heavy atom. The van der Waals surface area contributed by atoms with Crippen molar-refractivity contribution in [3.05, 3.63) is 58.1 Å². The van der Waals surface area contributed by atoms with Gasteiger partial charge in [0, 0.05) is 16.5 Å². The number of carbonyl (C=O) groups excluding carboxylic acids is 1. The number of aliphatic imine (C=N–C) groups is 1. The standard InChI is InChI=1S/C17H14BrN3O2S/c18-13-5-6-15(22)12(7-13)9-19-21-16(23)10-24-17-8-11-3-1-2-4-14(11)20-17/h1-7,9,22H,8,10H2,(H,21,23)/b19-9+. The van der Waals surface area contributed by atoms with Gasteiger partial charge in [-0.3, -0.25) is 4.79 Å². The van der Waals surface area contributed by atoms with E-state index in [-0.39, 0.29) is 17.4 Å². The highest BCUT2D eigenvalue weighted by molar-refractivity contribution is 9.10. The molecule has 7 heteroatoms. The molecule has 1 aliphatic heterocycles. The van der Waals surface area contributed by atoms with E-state index < -0.39 is 0 Å². The smallest absolute Gasteiger partial charge is 0.250 e. The Morgan fingerprint density at radius 2 is 2.21 bits per heavy atom. The molecule has 1 heterocycles. The van der Waals surface area contributed by atoms with Crippen LogP contribution in [-0.4, -0.2) is 28.0 Å². The summed E-state index contributed by atoms with van der Waals surface area (Å²) in [6, 6.07) is 12.9. The zero-order chi connectivity index (χ0) is 16.9. The second kappa shape index (κ2) is 7.63. The minimum Gasteiger partial charge on any atom is -0.507 e. The lowest BCUT2D eigenvalue weighted by atomic mass is 10.2. The van der Waals surface area contributed by atoms with Crippen LogP contribution in [0.25, 0.3) is 0 Å². The van der Waals surface area contributed by atoms with Crippen LogP contribution in [0.2, 0.25) is 0 Å². The van der Waals surface area contributed by atoms with Gasteiger partial charge in [-0.2, -0.15) is 5.10 Å². The SMILES string of the molecule is O=C(CSC1=Nc2ccccc2C1)N/N=C/c1cc(Br)ccc1O. The first-order chi connectivity index (χ1) is 11.6. The Kier molecular flexibility index (Phi) is 5.32. The highest BCUT2D eigenvalue weighted by Crippen LogP contribution is 2.29. The number of aromatic hydroxyl groups is 1. The van der Waals surface area contributed by atoms with Crippen molar-refractivity contribution in [1.82, 2.24) is 5.43 Å². The van der Waals surface area contributed by atoms with Crippen molar-refractivity contribution in [2.45, 2.75) is 6.42 Å². The fourth-order valence-corrected chi connectivity index (χ4v) is 3.33. The van der Waals surface area contributed by atoms with E-state index in [4.69, 9.17) is 0 Å². The summed E-state index contributed by atoms with van der Waals surface area (Å²) in [5.41, 5.74) is 5.13. The lowest BCUT2D eigenvalue weighted by Crippen LogP contribution is -2.20. The van der Waals surface area contributed by atoms with Crippen LogP contribution < -0.4 is 5.43 Å². The summed E-state index contributed by atoms with van der Waals surface area (Å²) in [5.74, 6) is 0.127. The van der Waals surface area contributed by atoms with Crippen LogP contribution in [0.4, 0.5) is 5.69 Å². The summed E-state index contributed by atoms with van der Waals surface area (Å²) in [6.07, 6.45) is 2.18. The number of hydrogen-bond acceptors (Lipinski definition) is 5. The van der Waals surface area contributed by atoms with Gasteiger partial charge in [-0.1, -0.05) is 34.1 Å². The average molecular weight is 404 g/mol. The third-order valence-electron chi connectivity index (χ3n) is 3.33. The van der Waals surface area contributed by atoms with Crippen molar-refractivity contribution in [1.29, 1.82) is 0 Å². The first-order valence-corrected chi connectivity index (χ1v) is 8.98. The first kappa shape index (κ1) is 16.7. The van der Waals surface area contributed by atoms with Crippen molar-refractivity contribution in [3.8, 4) is 5.75 Å². The molecule has 0 atom stereocenters. The molecule has 2 N–H and O–H groups in total. The van der Waals surface area contributed by atoms with Gasteiger partial charge >= 0.3 is 0 Å². The van der Waals surface area contributed by atoms with Crippen LogP contribution in [-0.2, 0) is 11.2 Å². The normalized spacial score (nSPS) is 13.0. The number of phenolic OH excluding ortho intramolecular Hbond substituents is 1. The maximum absolute atomic E-state index is 11.8. The molecule has 1 amide bonds. The molecular formula is C17H14BrN3O2S. The van der Waals surface area contributed by atoms with Crippen molar-refractivity contribution in [2.24, 2.45) is 10.1 Å². The van der Waals surface area contributed by atoms with Crippen LogP contribution in [0.3, 0.4) is 0 Å². The van der Waals surface area contributed by atoms with Crippen LogP contribution in [0.5, 0.6) is 5.75 Å². The molecule has 5 nitrogen and oxygen atoms in total. The summed E-state index contributed by atoms with van der Waals surface area (Å²) in [6.45, 7) is 0. The topological polar surface area (TPSA) is 74.0 Å². The molecule has 3 rings (SSSR count). The van der Waals surface area contributed by atoms with Crippen molar-refractivity contribution >= 4 is 50.5 Å². The van der Waals surface area contributed by atoms with E-state index >= 15 is 0 Å². The van der Waals surface area contributed by atoms with E-state index in [2.05, 4.69) is 31.4 Å². The van der Waals surface area contributed by atoms with E-state index in [0.29, 0.717) is 5.56 Å². The van der Waals surface area contributed by atoms with E-state index in [1.54, 1.807) is 18.2 Å². The van der Waals surface area contributed by atoms with Crippen LogP contribution in [0, 0.1) is 0 Å². The third kappa shape index (κ3) is 4.24. The monoisotopic (exact) mass is 403 g/mol. The first-order valence-electron chi connectivity index (χ1n) is 7.20. The molecule has 1 aliphatic rings. The number of fused-ring (bicyclic) bond motifs is 1. The number of thioether (sulfide) groups is 1. The number of rotatable bonds is 4. The summed E-state index contributed by atoms with van der Waals surface area (Å²) in [5, 5.41) is 14.5. The Bertz CT molecular complexity index is 836. The number of nitrogens with one attached hydrogen (secondary N) is 1. The van der Waals surface area contributed by atoms with E-state index in [9.17, 15) is 9.90 Å². The fourth-order valence-electron chi connectivity index (χ4n) is 2.17. The lowest BCUT2D eigenvalue weighted by Gasteiger charge is -2.01. The molecule has 0 fully saturated rings. The number of benzene rings is 2. The summed E-state index contributed by atoms with van der Waals surface area (Å²) in [4.78, 5) is 16.3. The number of amides is 1. The predicted molar refractivity (Wildman–Crippen MR) is 101 cm³/mol. The summed E-state index contributed by atoms with van der Waals surface area (Å²) < 4.78 is 0.822. The largest absolute Gasteiger partial charge is 0.507 e. The minimum absolute atomic E-state index is 0.101. The molecule has 0 aliphatic carbocycles. The van der Waals surface area contributed by atoms with E-state index in [1.165, 1.54) is 23.5 Å². The molecular weight excluding hydrogens is 390 g/mol. The molecule has 0 spiro atoms. The van der Waals surface area contributed by atoms with Crippen molar-refractivity contribution in [3.63, 3.8) is 0 Å². The van der Waals surface area contributed by atoms with Gasteiger partial charge in [0.15, 0.2) is 0 Å². The van der Waals surface area contributed by atoms with Crippen LogP contribution in [0.1, 0.15) is 11.1 Å². The van der Waals surface area contributed by atoms with Gasteiger partial charge in [0.2, 0.25) is 5.91 Å². The maximum atomic E-state index is 11.8. The number of hydrazone groups is 1. The number of halogens is 1. The average Bonchev–Trinajstić information content (AvgIpc) is 2.99. The maximum Gasteiger partial charge on any atom is 0.250 e. The molecule has 0 saturated carbocycles. The summed E-state index contributed by atoms with van der Waals surface area (Å²) >= 11 is 4.72. The van der Waals surface area contributed by atoms with Gasteiger partial charge in [-0.05, 0) is 29.8 Å². The predicted octanol–water partition coefficient (Wildman–Crippen LogP) is 3.62. The van der Waals surface area contributed by atoms with Gasteiger partial charge in [-0.15, -0.1) is 11.8 Å². The molecule has 24 heavy (non-hydrogen) atoms. The summed E-state index contributed by atoms with van der Waals surface area (Å²) in [7, 11) is 0. The van der Waals surface area contributed by atoms with Crippen LogP contribution in [0.15, 0.2) is 57.0 Å². The zero-order valence-electron chi connectivity index (χ0n) is 12.6. The number of hydrogen-bond donors (Lipinski definition) is 2. The second-order valence-electron chi connectivity index (χ2n) is 5.10. The third-order valence-corrected chi connectivity index (χ3v) is 4.80. The zero-order valence-corrected chi connectivity index (χ0v) is 15.0. The van der Waals surface area contributed by atoms with Gasteiger partial charge in [0.25, 0.3) is 0 Å². The molecule has 0 saturated heterocycles. The molecule has 2 aromatic rings. The van der Waals surface area contributed by atoms with Crippen molar-refractivity contribution in [2.75, 3.05) is 5.75 Å². The highest BCUT2D eigenvalue weighted by atomic mass is 79.9. The molecule has 122 valence electrons. The van der Waals surface area contributed by atoms with Crippen LogP contribution >= 0.6 is 27.7 Å². The Hall–Kier alpha value is -2.12. The lowest BCUT2D eigenvalue weighted by molar-refractivity contribution is -0.118.